The standard InChI is InChI=1S/C20H23FN4O2/c1-4-20(26)23-5-6-27-12-17-13(2)9-22-11-16(17)15-8-19-14(7-18(15)21)10-24-25(19)3/h7-11H,4-6,12H2,1-3H3,(H,23,26). The van der Waals surface area contributed by atoms with Crippen LogP contribution in [0.4, 0.5) is 4.39 Å². The minimum Gasteiger partial charge on any atom is -0.375 e. The van der Waals surface area contributed by atoms with E-state index in [4.69, 9.17) is 4.74 Å². The minimum atomic E-state index is -0.320. The SMILES string of the molecule is CCC(=O)NCCOCc1c(C)cncc1-c1cc2c(cnn2C)cc1F. The molecule has 0 unspecified atom stereocenters. The highest BCUT2D eigenvalue weighted by Crippen LogP contribution is 2.31. The van der Waals surface area contributed by atoms with Gasteiger partial charge in [-0.25, -0.2) is 4.39 Å². The average Bonchev–Trinajstić information content (AvgIpc) is 3.01. The molecular weight excluding hydrogens is 347 g/mol. The number of pyridine rings is 1. The Morgan fingerprint density at radius 1 is 1.26 bits per heavy atom. The van der Waals surface area contributed by atoms with Crippen LogP contribution in [0.2, 0.25) is 0 Å². The van der Waals surface area contributed by atoms with Crippen LogP contribution in [0.15, 0.2) is 30.7 Å². The second-order valence-electron chi connectivity index (χ2n) is 6.40. The number of fused-ring (bicyclic) bond motifs is 1. The van der Waals surface area contributed by atoms with Crippen molar-refractivity contribution >= 4 is 16.8 Å². The number of ether oxygens (including phenoxy) is 1. The summed E-state index contributed by atoms with van der Waals surface area (Å²) in [6.07, 6.45) is 5.49. The molecule has 0 bridgehead atoms. The monoisotopic (exact) mass is 370 g/mol. The molecule has 0 aliphatic rings. The third-order valence-electron chi connectivity index (χ3n) is 4.53. The van der Waals surface area contributed by atoms with Gasteiger partial charge in [0.05, 0.1) is 24.9 Å². The zero-order chi connectivity index (χ0) is 19.4. The van der Waals surface area contributed by atoms with Crippen molar-refractivity contribution in [2.45, 2.75) is 26.9 Å². The number of amides is 1. The van der Waals surface area contributed by atoms with Crippen molar-refractivity contribution in [2.24, 2.45) is 7.05 Å². The number of aryl methyl sites for hydroxylation is 2. The molecule has 0 spiro atoms. The fourth-order valence-electron chi connectivity index (χ4n) is 2.96. The fourth-order valence-corrected chi connectivity index (χ4v) is 2.96. The van der Waals surface area contributed by atoms with E-state index >= 15 is 0 Å². The van der Waals surface area contributed by atoms with Crippen molar-refractivity contribution in [3.63, 3.8) is 0 Å². The summed E-state index contributed by atoms with van der Waals surface area (Å²) in [7, 11) is 1.83. The van der Waals surface area contributed by atoms with E-state index in [9.17, 15) is 9.18 Å². The number of nitrogens with one attached hydrogen (secondary N) is 1. The first-order valence-corrected chi connectivity index (χ1v) is 8.90. The van der Waals surface area contributed by atoms with E-state index < -0.39 is 0 Å². The molecule has 27 heavy (non-hydrogen) atoms. The third-order valence-corrected chi connectivity index (χ3v) is 4.53. The van der Waals surface area contributed by atoms with E-state index in [0.717, 1.165) is 22.0 Å². The number of carbonyl (C=O) groups is 1. The number of hydrogen-bond acceptors (Lipinski definition) is 4. The Kier molecular flexibility index (Phi) is 5.81. The second kappa shape index (κ2) is 8.26. The molecule has 0 aliphatic heterocycles. The number of hydrogen-bond donors (Lipinski definition) is 1. The predicted octanol–water partition coefficient (Wildman–Crippen LogP) is 3.13. The Labute approximate surface area is 157 Å². The highest BCUT2D eigenvalue weighted by Gasteiger charge is 2.15. The molecule has 1 aromatic carbocycles. The van der Waals surface area contributed by atoms with Crippen LogP contribution in [0.1, 0.15) is 24.5 Å². The molecule has 0 saturated heterocycles. The van der Waals surface area contributed by atoms with E-state index in [0.29, 0.717) is 37.3 Å². The Hall–Kier alpha value is -2.80. The Morgan fingerprint density at radius 3 is 2.85 bits per heavy atom. The van der Waals surface area contributed by atoms with Gasteiger partial charge in [-0.15, -0.1) is 0 Å². The van der Waals surface area contributed by atoms with Gasteiger partial charge < -0.3 is 10.1 Å². The maximum Gasteiger partial charge on any atom is 0.219 e. The summed E-state index contributed by atoms with van der Waals surface area (Å²) in [6, 6.07) is 3.28. The topological polar surface area (TPSA) is 69.0 Å². The lowest BCUT2D eigenvalue weighted by atomic mass is 9.98. The van der Waals surface area contributed by atoms with Gasteiger partial charge in [0.2, 0.25) is 5.91 Å². The molecule has 142 valence electrons. The number of benzene rings is 1. The Morgan fingerprint density at radius 2 is 2.07 bits per heavy atom. The molecule has 7 heteroatoms. The van der Waals surface area contributed by atoms with E-state index in [1.165, 1.54) is 6.07 Å². The summed E-state index contributed by atoms with van der Waals surface area (Å²) >= 11 is 0. The highest BCUT2D eigenvalue weighted by molar-refractivity contribution is 5.85. The highest BCUT2D eigenvalue weighted by atomic mass is 19.1. The van der Waals surface area contributed by atoms with Crippen LogP contribution in [-0.4, -0.2) is 33.8 Å². The largest absolute Gasteiger partial charge is 0.375 e. The molecular formula is C20H23FN4O2. The molecule has 1 N–H and O–H groups in total. The van der Waals surface area contributed by atoms with E-state index in [-0.39, 0.29) is 11.7 Å². The quantitative estimate of drug-likeness (QED) is 0.649. The number of halogens is 1. The number of aromatic nitrogens is 3. The van der Waals surface area contributed by atoms with Crippen LogP contribution >= 0.6 is 0 Å². The molecule has 3 aromatic rings. The zero-order valence-corrected chi connectivity index (χ0v) is 15.8. The molecule has 0 radical (unpaired) electrons. The lowest BCUT2D eigenvalue weighted by Crippen LogP contribution is -2.26. The van der Waals surface area contributed by atoms with Gasteiger partial charge in [-0.3, -0.25) is 14.5 Å². The zero-order valence-electron chi connectivity index (χ0n) is 15.8. The summed E-state index contributed by atoms with van der Waals surface area (Å²) in [5, 5.41) is 7.70. The first-order valence-electron chi connectivity index (χ1n) is 8.90. The van der Waals surface area contributed by atoms with Crippen LogP contribution < -0.4 is 5.32 Å². The summed E-state index contributed by atoms with van der Waals surface area (Å²) in [5.41, 5.74) is 3.83. The predicted molar refractivity (Wildman–Crippen MR) is 102 cm³/mol. The van der Waals surface area contributed by atoms with Crippen LogP contribution in [-0.2, 0) is 23.2 Å². The normalized spacial score (nSPS) is 11.1. The summed E-state index contributed by atoms with van der Waals surface area (Å²) in [6.45, 7) is 4.87. The van der Waals surface area contributed by atoms with E-state index in [1.807, 2.05) is 14.0 Å². The Bertz CT molecular complexity index is 968. The van der Waals surface area contributed by atoms with Crippen LogP contribution in [0, 0.1) is 12.7 Å². The molecule has 0 aliphatic carbocycles. The first-order chi connectivity index (χ1) is 13.0. The van der Waals surface area contributed by atoms with Crippen LogP contribution in [0.5, 0.6) is 0 Å². The van der Waals surface area contributed by atoms with Gasteiger partial charge in [0.15, 0.2) is 0 Å². The van der Waals surface area contributed by atoms with Crippen molar-refractivity contribution < 1.29 is 13.9 Å². The van der Waals surface area contributed by atoms with Crippen molar-refractivity contribution in [3.8, 4) is 11.1 Å². The van der Waals surface area contributed by atoms with E-state index in [1.54, 1.807) is 36.3 Å². The lowest BCUT2D eigenvalue weighted by molar-refractivity contribution is -0.121. The van der Waals surface area contributed by atoms with Crippen molar-refractivity contribution in [2.75, 3.05) is 13.2 Å². The van der Waals surface area contributed by atoms with Gasteiger partial charge in [0.25, 0.3) is 0 Å². The van der Waals surface area contributed by atoms with Gasteiger partial charge in [-0.05, 0) is 30.2 Å². The van der Waals surface area contributed by atoms with Crippen molar-refractivity contribution in [1.82, 2.24) is 20.1 Å². The molecule has 2 aromatic heterocycles. The number of carbonyl (C=O) groups excluding carboxylic acids is 1. The molecule has 3 rings (SSSR count). The minimum absolute atomic E-state index is 0.00840. The molecule has 2 heterocycles. The molecule has 1 amide bonds. The van der Waals surface area contributed by atoms with Gasteiger partial charge >= 0.3 is 0 Å². The summed E-state index contributed by atoms with van der Waals surface area (Å²) < 4.78 is 22.2. The van der Waals surface area contributed by atoms with Crippen LogP contribution in [0.3, 0.4) is 0 Å². The van der Waals surface area contributed by atoms with Gasteiger partial charge in [0, 0.05) is 48.9 Å². The summed E-state index contributed by atoms with van der Waals surface area (Å²) in [5.74, 6) is -0.328. The molecule has 0 fully saturated rings. The van der Waals surface area contributed by atoms with Crippen LogP contribution in [0.25, 0.3) is 22.0 Å². The first kappa shape index (κ1) is 19.0. The summed E-state index contributed by atoms with van der Waals surface area (Å²) in [4.78, 5) is 15.5. The molecule has 6 nitrogen and oxygen atoms in total. The maximum atomic E-state index is 14.7. The van der Waals surface area contributed by atoms with Gasteiger partial charge in [-0.2, -0.15) is 5.10 Å². The van der Waals surface area contributed by atoms with Crippen molar-refractivity contribution in [3.05, 3.63) is 47.7 Å². The Balaban J connectivity index is 1.84. The smallest absolute Gasteiger partial charge is 0.219 e. The lowest BCUT2D eigenvalue weighted by Gasteiger charge is -2.14. The average molecular weight is 370 g/mol. The van der Waals surface area contributed by atoms with Gasteiger partial charge in [-0.1, -0.05) is 6.92 Å². The van der Waals surface area contributed by atoms with Gasteiger partial charge in [0.1, 0.15) is 5.82 Å². The molecule has 0 atom stereocenters. The number of nitrogens with zero attached hydrogens (tertiary/aromatic N) is 3. The third kappa shape index (κ3) is 4.14. The maximum absolute atomic E-state index is 14.7. The second-order valence-corrected chi connectivity index (χ2v) is 6.40. The van der Waals surface area contributed by atoms with E-state index in [2.05, 4.69) is 15.4 Å². The number of rotatable bonds is 7. The van der Waals surface area contributed by atoms with Crippen molar-refractivity contribution in [1.29, 1.82) is 0 Å². The fraction of sp³-hybridized carbons (Fsp3) is 0.350. The molecule has 0 saturated carbocycles.